The highest BCUT2D eigenvalue weighted by atomic mass is 16.5. The van der Waals surface area contributed by atoms with Crippen molar-refractivity contribution in [1.29, 1.82) is 0 Å². The number of anilines is 1. The third-order valence-electron chi connectivity index (χ3n) is 2.00. The molecule has 0 saturated carbocycles. The molecule has 2 N–H and O–H groups in total. The number of nitrogens with two attached hydrogens (primary N) is 1. The highest BCUT2D eigenvalue weighted by molar-refractivity contribution is 5.88. The van der Waals surface area contributed by atoms with Crippen molar-refractivity contribution in [3.05, 3.63) is 30.1 Å². The summed E-state index contributed by atoms with van der Waals surface area (Å²) < 4.78 is 6.28. The van der Waals surface area contributed by atoms with Crippen molar-refractivity contribution in [3.63, 3.8) is 0 Å². The fraction of sp³-hybridized carbons (Fsp3) is 0.200. The Morgan fingerprint density at radius 2 is 2.29 bits per heavy atom. The number of nitrogen functional groups attached to an aromatic ring is 1. The molecule has 2 rings (SSSR count). The minimum absolute atomic E-state index is 0.325. The van der Waals surface area contributed by atoms with Crippen LogP contribution in [0.1, 0.15) is 17.3 Å². The van der Waals surface area contributed by atoms with E-state index in [1.165, 1.54) is 17.1 Å². The van der Waals surface area contributed by atoms with E-state index in [9.17, 15) is 4.79 Å². The SMILES string of the molecule is CCOC(=O)c1cnn(-c2ccc(N)nn2)c1. The van der Waals surface area contributed by atoms with Crippen molar-refractivity contribution < 1.29 is 9.53 Å². The molecule has 2 aromatic rings. The van der Waals surface area contributed by atoms with Crippen LogP contribution in [-0.2, 0) is 4.74 Å². The quantitative estimate of drug-likeness (QED) is 0.772. The molecule has 7 nitrogen and oxygen atoms in total. The van der Waals surface area contributed by atoms with Crippen LogP contribution in [0.5, 0.6) is 0 Å². The van der Waals surface area contributed by atoms with Crippen LogP contribution in [0.25, 0.3) is 5.82 Å². The van der Waals surface area contributed by atoms with Gasteiger partial charge in [-0.2, -0.15) is 5.10 Å². The molecule has 2 heterocycles. The Hall–Kier alpha value is -2.44. The first-order valence-corrected chi connectivity index (χ1v) is 5.02. The van der Waals surface area contributed by atoms with Gasteiger partial charge in [-0.1, -0.05) is 0 Å². The van der Waals surface area contributed by atoms with E-state index in [0.717, 1.165) is 0 Å². The monoisotopic (exact) mass is 233 g/mol. The van der Waals surface area contributed by atoms with Gasteiger partial charge in [-0.05, 0) is 19.1 Å². The van der Waals surface area contributed by atoms with Crippen LogP contribution in [-0.4, -0.2) is 32.6 Å². The molecule has 0 spiro atoms. The Morgan fingerprint density at radius 3 is 2.94 bits per heavy atom. The normalized spacial score (nSPS) is 10.2. The number of carbonyl (C=O) groups excluding carboxylic acids is 1. The highest BCUT2D eigenvalue weighted by Crippen LogP contribution is 2.06. The molecule has 0 amide bonds. The summed E-state index contributed by atoms with van der Waals surface area (Å²) in [7, 11) is 0. The van der Waals surface area contributed by atoms with Crippen LogP contribution in [0.15, 0.2) is 24.5 Å². The van der Waals surface area contributed by atoms with E-state index in [1.807, 2.05) is 0 Å². The lowest BCUT2D eigenvalue weighted by Crippen LogP contribution is -2.04. The molecule has 0 fully saturated rings. The summed E-state index contributed by atoms with van der Waals surface area (Å²) in [6.07, 6.45) is 2.94. The molecule has 0 aliphatic carbocycles. The molecular weight excluding hydrogens is 222 g/mol. The van der Waals surface area contributed by atoms with Crippen LogP contribution in [0.4, 0.5) is 5.82 Å². The van der Waals surface area contributed by atoms with Crippen molar-refractivity contribution in [2.45, 2.75) is 6.92 Å². The van der Waals surface area contributed by atoms with Gasteiger partial charge in [0.2, 0.25) is 0 Å². The highest BCUT2D eigenvalue weighted by Gasteiger charge is 2.10. The molecule has 2 aromatic heterocycles. The third kappa shape index (κ3) is 2.39. The maximum atomic E-state index is 11.4. The van der Waals surface area contributed by atoms with E-state index in [4.69, 9.17) is 10.5 Å². The van der Waals surface area contributed by atoms with Gasteiger partial charge in [0.15, 0.2) is 5.82 Å². The summed E-state index contributed by atoms with van der Waals surface area (Å²) in [5, 5.41) is 11.5. The lowest BCUT2D eigenvalue weighted by Gasteiger charge is -1.98. The first-order chi connectivity index (χ1) is 8.20. The van der Waals surface area contributed by atoms with Gasteiger partial charge in [0.05, 0.1) is 18.4 Å². The number of hydrogen-bond donors (Lipinski definition) is 1. The molecule has 0 radical (unpaired) electrons. The minimum atomic E-state index is -0.415. The Labute approximate surface area is 97.2 Å². The molecule has 0 aliphatic heterocycles. The van der Waals surface area contributed by atoms with Gasteiger partial charge < -0.3 is 10.5 Å². The van der Waals surface area contributed by atoms with Crippen LogP contribution in [0.2, 0.25) is 0 Å². The average Bonchev–Trinajstić information content (AvgIpc) is 2.80. The average molecular weight is 233 g/mol. The smallest absolute Gasteiger partial charge is 0.341 e. The zero-order valence-corrected chi connectivity index (χ0v) is 9.20. The second-order valence-corrected chi connectivity index (χ2v) is 3.21. The Kier molecular flexibility index (Phi) is 2.99. The predicted molar refractivity (Wildman–Crippen MR) is 59.5 cm³/mol. The summed E-state index contributed by atoms with van der Waals surface area (Å²) in [5.41, 5.74) is 5.79. The van der Waals surface area contributed by atoms with Gasteiger partial charge in [0.25, 0.3) is 0 Å². The summed E-state index contributed by atoms with van der Waals surface area (Å²) >= 11 is 0. The summed E-state index contributed by atoms with van der Waals surface area (Å²) in [4.78, 5) is 11.4. The standard InChI is InChI=1S/C10H11N5O2/c1-2-17-10(16)7-5-12-15(6-7)9-4-3-8(11)13-14-9/h3-6H,2H2,1H3,(H2,11,13). The summed E-state index contributed by atoms with van der Waals surface area (Å²) in [6.45, 7) is 2.07. The van der Waals surface area contributed by atoms with Crippen LogP contribution in [0, 0.1) is 0 Å². The molecule has 0 bridgehead atoms. The Balaban J connectivity index is 2.23. The van der Waals surface area contributed by atoms with E-state index in [0.29, 0.717) is 23.8 Å². The van der Waals surface area contributed by atoms with Crippen molar-refractivity contribution in [2.75, 3.05) is 12.3 Å². The van der Waals surface area contributed by atoms with Crippen molar-refractivity contribution >= 4 is 11.8 Å². The third-order valence-corrected chi connectivity index (χ3v) is 2.00. The van der Waals surface area contributed by atoms with E-state index in [-0.39, 0.29) is 0 Å². The van der Waals surface area contributed by atoms with E-state index < -0.39 is 5.97 Å². The van der Waals surface area contributed by atoms with Gasteiger partial charge >= 0.3 is 5.97 Å². The molecule has 0 atom stereocenters. The van der Waals surface area contributed by atoms with Crippen LogP contribution in [0.3, 0.4) is 0 Å². The molecule has 7 heteroatoms. The van der Waals surface area contributed by atoms with Gasteiger partial charge in [0.1, 0.15) is 5.82 Å². The molecule has 0 unspecified atom stereocenters. The maximum absolute atomic E-state index is 11.4. The number of rotatable bonds is 3. The van der Waals surface area contributed by atoms with Crippen LogP contribution < -0.4 is 5.73 Å². The van der Waals surface area contributed by atoms with Crippen molar-refractivity contribution in [1.82, 2.24) is 20.0 Å². The number of hydrogen-bond acceptors (Lipinski definition) is 6. The second kappa shape index (κ2) is 4.60. The first-order valence-electron chi connectivity index (χ1n) is 5.02. The van der Waals surface area contributed by atoms with Gasteiger partial charge in [-0.3, -0.25) is 0 Å². The first kappa shape index (κ1) is 11.1. The Bertz CT molecular complexity index is 520. The zero-order valence-electron chi connectivity index (χ0n) is 9.20. The molecular formula is C10H11N5O2. The van der Waals surface area contributed by atoms with Gasteiger partial charge in [0, 0.05) is 6.20 Å². The van der Waals surface area contributed by atoms with Gasteiger partial charge in [-0.15, -0.1) is 10.2 Å². The number of esters is 1. The van der Waals surface area contributed by atoms with Crippen LogP contribution >= 0.6 is 0 Å². The minimum Gasteiger partial charge on any atom is -0.462 e. The maximum Gasteiger partial charge on any atom is 0.341 e. The molecule has 0 aliphatic rings. The number of ether oxygens (including phenoxy) is 1. The second-order valence-electron chi connectivity index (χ2n) is 3.21. The van der Waals surface area contributed by atoms with E-state index in [1.54, 1.807) is 19.1 Å². The van der Waals surface area contributed by atoms with E-state index in [2.05, 4.69) is 15.3 Å². The summed E-state index contributed by atoms with van der Waals surface area (Å²) in [6, 6.07) is 3.26. The zero-order chi connectivity index (χ0) is 12.3. The molecule has 0 saturated heterocycles. The summed E-state index contributed by atoms with van der Waals surface area (Å²) in [5.74, 6) is 0.392. The largest absolute Gasteiger partial charge is 0.462 e. The lowest BCUT2D eigenvalue weighted by molar-refractivity contribution is 0.0526. The number of aromatic nitrogens is 4. The predicted octanol–water partition coefficient (Wildman–Crippen LogP) is 0.421. The number of carbonyl (C=O) groups is 1. The Morgan fingerprint density at radius 1 is 1.47 bits per heavy atom. The van der Waals surface area contributed by atoms with Crippen molar-refractivity contribution in [3.8, 4) is 5.82 Å². The molecule has 0 aromatic carbocycles. The fourth-order valence-corrected chi connectivity index (χ4v) is 1.23. The van der Waals surface area contributed by atoms with E-state index >= 15 is 0 Å². The van der Waals surface area contributed by atoms with Crippen molar-refractivity contribution in [2.24, 2.45) is 0 Å². The molecule has 17 heavy (non-hydrogen) atoms. The topological polar surface area (TPSA) is 95.9 Å². The number of nitrogens with zero attached hydrogens (tertiary/aromatic N) is 4. The molecule has 88 valence electrons. The fourth-order valence-electron chi connectivity index (χ4n) is 1.23. The lowest BCUT2D eigenvalue weighted by atomic mass is 10.4. The van der Waals surface area contributed by atoms with Gasteiger partial charge in [-0.25, -0.2) is 9.48 Å².